The highest BCUT2D eigenvalue weighted by atomic mass is 16.7. The molecule has 0 spiro atoms. The maximum atomic E-state index is 13.0. The fourth-order valence-corrected chi connectivity index (χ4v) is 7.22. The van der Waals surface area contributed by atoms with E-state index in [2.05, 4.69) is 19.2 Å². The highest BCUT2D eigenvalue weighted by Crippen LogP contribution is 2.23. The third-order valence-electron chi connectivity index (χ3n) is 11.0. The van der Waals surface area contributed by atoms with Gasteiger partial charge in [-0.15, -0.1) is 0 Å². The fraction of sp³-hybridized carbons (Fsp3) is 0.932. The Morgan fingerprint density at radius 3 is 1.50 bits per heavy atom. The van der Waals surface area contributed by atoms with Gasteiger partial charge in [-0.25, -0.2) is 0 Å². The van der Waals surface area contributed by atoms with Gasteiger partial charge in [0.2, 0.25) is 5.91 Å². The molecule has 10 heteroatoms. The van der Waals surface area contributed by atoms with Crippen LogP contribution in [0.25, 0.3) is 0 Å². The average molecular weight is 772 g/mol. The largest absolute Gasteiger partial charge is 0.394 e. The second-order valence-corrected chi connectivity index (χ2v) is 16.0. The van der Waals surface area contributed by atoms with E-state index in [1.165, 1.54) is 135 Å². The lowest BCUT2D eigenvalue weighted by molar-refractivity contribution is -0.302. The Morgan fingerprint density at radius 2 is 1.06 bits per heavy atom. The molecule has 0 radical (unpaired) electrons. The van der Waals surface area contributed by atoms with Crippen LogP contribution in [0.1, 0.15) is 200 Å². The number of carbonyl (C=O) groups is 1. The molecule has 0 aromatic rings. The fourth-order valence-electron chi connectivity index (χ4n) is 7.22. The summed E-state index contributed by atoms with van der Waals surface area (Å²) >= 11 is 0. The molecule has 1 saturated heterocycles. The lowest BCUT2D eigenvalue weighted by Crippen LogP contribution is -2.60. The van der Waals surface area contributed by atoms with Crippen LogP contribution in [0.5, 0.6) is 0 Å². The van der Waals surface area contributed by atoms with Crippen LogP contribution in [-0.4, -0.2) is 98.7 Å². The molecule has 1 heterocycles. The third kappa shape index (κ3) is 25.2. The number of hydrogen-bond donors (Lipinski definition) is 7. The Balaban J connectivity index is 2.43. The Hall–Kier alpha value is -1.11. The van der Waals surface area contributed by atoms with E-state index in [1.54, 1.807) is 6.08 Å². The molecule has 0 aromatic carbocycles. The van der Waals surface area contributed by atoms with Gasteiger partial charge in [0.1, 0.15) is 30.5 Å². The number of aliphatic hydroxyl groups is 6. The minimum Gasteiger partial charge on any atom is -0.394 e. The molecule has 7 N–H and O–H groups in total. The molecule has 1 rings (SSSR count). The second-order valence-electron chi connectivity index (χ2n) is 16.0. The second kappa shape index (κ2) is 35.1. The van der Waals surface area contributed by atoms with Crippen molar-refractivity contribution in [1.82, 2.24) is 5.32 Å². The van der Waals surface area contributed by atoms with Crippen molar-refractivity contribution in [2.75, 3.05) is 13.2 Å². The van der Waals surface area contributed by atoms with Gasteiger partial charge in [0, 0.05) is 0 Å². The van der Waals surface area contributed by atoms with Crippen molar-refractivity contribution in [2.24, 2.45) is 0 Å². The first-order chi connectivity index (χ1) is 26.3. The van der Waals surface area contributed by atoms with Crippen LogP contribution in [0.4, 0.5) is 0 Å². The van der Waals surface area contributed by atoms with Crippen LogP contribution in [-0.2, 0) is 14.3 Å². The van der Waals surface area contributed by atoms with Crippen LogP contribution >= 0.6 is 0 Å². The van der Waals surface area contributed by atoms with Crippen LogP contribution in [0.2, 0.25) is 0 Å². The summed E-state index contributed by atoms with van der Waals surface area (Å²) in [5, 5.41) is 64.6. The number of hydrogen-bond acceptors (Lipinski definition) is 9. The standard InChI is InChI=1S/C44H85NO9/c1-3-5-7-9-11-13-15-17-18-19-20-21-23-24-26-28-30-32-37(47)36(35-53-44-42(51)41(50)40(49)39(34-46)54-44)45-43(52)38(48)33-31-29-27-25-22-16-14-12-10-8-6-4-2/h30,32,36-42,44,46-51H,3-29,31,33-35H2,1-2H3,(H,45,52)/b32-30+. The zero-order chi connectivity index (χ0) is 39.7. The molecular formula is C44H85NO9. The van der Waals surface area contributed by atoms with E-state index in [0.29, 0.717) is 6.42 Å². The number of allylic oxidation sites excluding steroid dienone is 1. The van der Waals surface area contributed by atoms with Gasteiger partial charge in [0.05, 0.1) is 25.4 Å². The van der Waals surface area contributed by atoms with Crippen LogP contribution in [0.3, 0.4) is 0 Å². The van der Waals surface area contributed by atoms with Gasteiger partial charge in [0.25, 0.3) is 0 Å². The van der Waals surface area contributed by atoms with Gasteiger partial charge in [-0.1, -0.05) is 193 Å². The molecule has 8 unspecified atom stereocenters. The molecule has 1 fully saturated rings. The van der Waals surface area contributed by atoms with Crippen LogP contribution in [0, 0.1) is 0 Å². The summed E-state index contributed by atoms with van der Waals surface area (Å²) in [6, 6.07) is -0.973. The molecule has 10 nitrogen and oxygen atoms in total. The Bertz CT molecular complexity index is 875. The molecule has 8 atom stereocenters. The Kier molecular flexibility index (Phi) is 33.1. The van der Waals surface area contributed by atoms with Gasteiger partial charge in [-0.3, -0.25) is 4.79 Å². The van der Waals surface area contributed by atoms with Crippen molar-refractivity contribution in [3.05, 3.63) is 12.2 Å². The summed E-state index contributed by atoms with van der Waals surface area (Å²) in [6.07, 6.45) is 28.7. The van der Waals surface area contributed by atoms with Crippen molar-refractivity contribution in [3.8, 4) is 0 Å². The van der Waals surface area contributed by atoms with E-state index in [9.17, 15) is 35.4 Å². The zero-order valence-corrected chi connectivity index (χ0v) is 34.6. The Labute approximate surface area is 329 Å². The number of rotatable bonds is 37. The average Bonchev–Trinajstić information content (AvgIpc) is 3.17. The highest BCUT2D eigenvalue weighted by molar-refractivity contribution is 5.80. The molecule has 54 heavy (non-hydrogen) atoms. The van der Waals surface area contributed by atoms with Gasteiger partial charge in [-0.05, 0) is 19.3 Å². The number of unbranched alkanes of at least 4 members (excludes halogenated alkanes) is 26. The number of nitrogens with one attached hydrogen (secondary N) is 1. The molecule has 1 aliphatic heterocycles. The van der Waals surface area contributed by atoms with Gasteiger partial charge in [0.15, 0.2) is 6.29 Å². The number of aliphatic hydroxyl groups excluding tert-OH is 6. The summed E-state index contributed by atoms with van der Waals surface area (Å²) in [6.45, 7) is 3.60. The predicted molar refractivity (Wildman–Crippen MR) is 218 cm³/mol. The lowest BCUT2D eigenvalue weighted by atomic mass is 9.99. The van der Waals surface area contributed by atoms with Crippen molar-refractivity contribution < 1.29 is 44.9 Å². The summed E-state index contributed by atoms with van der Waals surface area (Å²) < 4.78 is 11.1. The SMILES string of the molecule is CCCCCCCCCCCCCCCCC/C=C/C(O)C(COC1OC(CO)C(O)C(O)C1O)NC(=O)C(O)CCCCCCCCCCCCCC. The van der Waals surface area contributed by atoms with Gasteiger partial charge < -0.3 is 45.4 Å². The quantitative estimate of drug-likeness (QED) is 0.0245. The molecule has 320 valence electrons. The third-order valence-corrected chi connectivity index (χ3v) is 11.0. The van der Waals surface area contributed by atoms with E-state index >= 15 is 0 Å². The first-order valence-corrected chi connectivity index (χ1v) is 22.5. The molecule has 1 aliphatic rings. The molecule has 0 saturated carbocycles. The summed E-state index contributed by atoms with van der Waals surface area (Å²) in [4.78, 5) is 13.0. The minimum atomic E-state index is -1.61. The molecule has 1 amide bonds. The lowest BCUT2D eigenvalue weighted by Gasteiger charge is -2.40. The maximum absolute atomic E-state index is 13.0. The molecule has 0 bridgehead atoms. The number of ether oxygens (including phenoxy) is 2. The number of carbonyl (C=O) groups excluding carboxylic acids is 1. The van der Waals surface area contributed by atoms with Crippen LogP contribution < -0.4 is 5.32 Å². The first kappa shape index (κ1) is 50.9. The van der Waals surface area contributed by atoms with Crippen molar-refractivity contribution >= 4 is 5.91 Å². The van der Waals surface area contributed by atoms with E-state index in [-0.39, 0.29) is 6.61 Å². The Morgan fingerprint density at radius 1 is 0.630 bits per heavy atom. The topological polar surface area (TPSA) is 169 Å². The molecular weight excluding hydrogens is 686 g/mol. The van der Waals surface area contributed by atoms with Crippen LogP contribution in [0.15, 0.2) is 12.2 Å². The molecule has 0 aromatic heterocycles. The highest BCUT2D eigenvalue weighted by Gasteiger charge is 2.44. The molecule has 0 aliphatic carbocycles. The summed E-state index contributed by atoms with van der Waals surface area (Å²) in [7, 11) is 0. The first-order valence-electron chi connectivity index (χ1n) is 22.5. The zero-order valence-electron chi connectivity index (χ0n) is 34.6. The smallest absolute Gasteiger partial charge is 0.249 e. The minimum absolute atomic E-state index is 0.301. The van der Waals surface area contributed by atoms with E-state index < -0.39 is 61.5 Å². The summed E-state index contributed by atoms with van der Waals surface area (Å²) in [5.41, 5.74) is 0. The van der Waals surface area contributed by atoms with E-state index in [0.717, 1.165) is 44.9 Å². The van der Waals surface area contributed by atoms with Crippen molar-refractivity contribution in [3.63, 3.8) is 0 Å². The normalized spacial score (nSPS) is 22.1. The monoisotopic (exact) mass is 772 g/mol. The predicted octanol–water partition coefficient (Wildman–Crippen LogP) is 7.92. The van der Waals surface area contributed by atoms with Crippen molar-refractivity contribution in [1.29, 1.82) is 0 Å². The summed E-state index contributed by atoms with van der Waals surface area (Å²) in [5.74, 6) is -0.615. The van der Waals surface area contributed by atoms with E-state index in [1.807, 2.05) is 6.08 Å². The number of amides is 1. The van der Waals surface area contributed by atoms with Crippen molar-refractivity contribution in [2.45, 2.75) is 249 Å². The maximum Gasteiger partial charge on any atom is 0.249 e. The van der Waals surface area contributed by atoms with E-state index in [4.69, 9.17) is 9.47 Å². The van der Waals surface area contributed by atoms with Gasteiger partial charge in [-0.2, -0.15) is 0 Å². The van der Waals surface area contributed by atoms with Gasteiger partial charge >= 0.3 is 0 Å².